The fourth-order valence-electron chi connectivity index (χ4n) is 3.78. The molecule has 2 unspecified atom stereocenters. The van der Waals surface area contributed by atoms with Crippen LogP contribution in [0.5, 0.6) is 0 Å². The number of rotatable bonds is 4. The predicted molar refractivity (Wildman–Crippen MR) is 83.4 cm³/mol. The second-order valence-electron chi connectivity index (χ2n) is 5.98. The molecule has 2 fully saturated rings. The van der Waals surface area contributed by atoms with E-state index in [0.717, 1.165) is 30.7 Å². The number of carbonyl (C=O) groups excluding carboxylic acids is 1. The lowest BCUT2D eigenvalue weighted by Gasteiger charge is -2.37. The number of thiophene rings is 1. The molecule has 3 heterocycles. The topological polar surface area (TPSA) is 32.3 Å². The summed E-state index contributed by atoms with van der Waals surface area (Å²) in [5.41, 5.74) is 1.20. The van der Waals surface area contributed by atoms with Gasteiger partial charge in [0.05, 0.1) is 4.88 Å². The number of fused-ring (bicyclic) bond motifs is 2. The second kappa shape index (κ2) is 5.86. The molecule has 0 spiro atoms. The normalized spacial score (nSPS) is 28.6. The second-order valence-corrected chi connectivity index (χ2v) is 6.90. The molecule has 3 rings (SSSR count). The molecule has 2 aliphatic rings. The summed E-state index contributed by atoms with van der Waals surface area (Å²) in [5.74, 6) is 0.255. The summed E-state index contributed by atoms with van der Waals surface area (Å²) in [5, 5.41) is 5.71. The van der Waals surface area contributed by atoms with Crippen LogP contribution in [0.15, 0.2) is 11.4 Å². The first kappa shape index (κ1) is 14.1. The molecule has 2 bridgehead atoms. The fourth-order valence-corrected chi connectivity index (χ4v) is 4.73. The first-order valence-electron chi connectivity index (χ1n) is 7.86. The SMILES string of the molecule is CCc1ccsc1C(=O)N(CC)C1CC2CCC(C1)N2. The van der Waals surface area contributed by atoms with Gasteiger partial charge in [-0.3, -0.25) is 4.79 Å². The Kier molecular flexibility index (Phi) is 4.13. The van der Waals surface area contributed by atoms with Gasteiger partial charge in [0.2, 0.25) is 0 Å². The Morgan fingerprint density at radius 3 is 2.65 bits per heavy atom. The van der Waals surface area contributed by atoms with Gasteiger partial charge in [-0.25, -0.2) is 0 Å². The molecule has 2 saturated heterocycles. The van der Waals surface area contributed by atoms with Crippen LogP contribution in [0.25, 0.3) is 0 Å². The largest absolute Gasteiger partial charge is 0.335 e. The quantitative estimate of drug-likeness (QED) is 0.925. The van der Waals surface area contributed by atoms with Gasteiger partial charge in [-0.2, -0.15) is 0 Å². The lowest BCUT2D eigenvalue weighted by Crippen LogP contribution is -2.50. The molecule has 1 amide bonds. The number of carbonyl (C=O) groups is 1. The molecule has 2 aliphatic heterocycles. The molecule has 0 aliphatic carbocycles. The zero-order chi connectivity index (χ0) is 14.1. The first-order chi connectivity index (χ1) is 9.72. The highest BCUT2D eigenvalue weighted by Gasteiger charge is 2.37. The molecule has 4 heteroatoms. The number of piperidine rings is 1. The van der Waals surface area contributed by atoms with Crippen LogP contribution in [-0.4, -0.2) is 35.5 Å². The molecular formula is C16H24N2OS. The van der Waals surface area contributed by atoms with Crippen molar-refractivity contribution >= 4 is 17.2 Å². The highest BCUT2D eigenvalue weighted by Crippen LogP contribution is 2.31. The Morgan fingerprint density at radius 2 is 2.05 bits per heavy atom. The van der Waals surface area contributed by atoms with Crippen LogP contribution >= 0.6 is 11.3 Å². The highest BCUT2D eigenvalue weighted by atomic mass is 32.1. The minimum Gasteiger partial charge on any atom is -0.335 e. The Bertz CT molecular complexity index is 473. The molecule has 1 aromatic rings. The molecule has 2 atom stereocenters. The number of hydrogen-bond acceptors (Lipinski definition) is 3. The molecule has 110 valence electrons. The number of hydrogen-bond donors (Lipinski definition) is 1. The summed E-state index contributed by atoms with van der Waals surface area (Å²) in [7, 11) is 0. The summed E-state index contributed by atoms with van der Waals surface area (Å²) in [6.45, 7) is 5.06. The standard InChI is InChI=1S/C16H24N2OS/c1-3-11-7-8-20-15(11)16(19)18(4-2)14-9-12-5-6-13(10-14)17-12/h7-8,12-14,17H,3-6,9-10H2,1-2H3. The Morgan fingerprint density at radius 1 is 1.35 bits per heavy atom. The van der Waals surface area contributed by atoms with Crippen molar-refractivity contribution in [1.82, 2.24) is 10.2 Å². The molecule has 1 N–H and O–H groups in total. The first-order valence-corrected chi connectivity index (χ1v) is 8.74. The number of aryl methyl sites for hydroxylation is 1. The predicted octanol–water partition coefficient (Wildman–Crippen LogP) is 3.06. The van der Waals surface area contributed by atoms with E-state index in [4.69, 9.17) is 0 Å². The summed E-state index contributed by atoms with van der Waals surface area (Å²) in [6.07, 6.45) is 5.77. The van der Waals surface area contributed by atoms with Gasteiger partial charge in [-0.05, 0) is 56.0 Å². The van der Waals surface area contributed by atoms with E-state index in [1.807, 2.05) is 5.38 Å². The minimum absolute atomic E-state index is 0.255. The van der Waals surface area contributed by atoms with Gasteiger partial charge in [0.1, 0.15) is 0 Å². The van der Waals surface area contributed by atoms with Crippen molar-refractivity contribution in [1.29, 1.82) is 0 Å². The van der Waals surface area contributed by atoms with E-state index in [2.05, 4.69) is 30.1 Å². The maximum absolute atomic E-state index is 12.9. The van der Waals surface area contributed by atoms with Gasteiger partial charge in [-0.15, -0.1) is 11.3 Å². The van der Waals surface area contributed by atoms with Crippen LogP contribution in [-0.2, 0) is 6.42 Å². The average molecular weight is 292 g/mol. The lowest BCUT2D eigenvalue weighted by atomic mass is 9.97. The van der Waals surface area contributed by atoms with Crippen molar-refractivity contribution in [3.05, 3.63) is 21.9 Å². The van der Waals surface area contributed by atoms with Gasteiger partial charge in [0, 0.05) is 24.7 Å². The van der Waals surface area contributed by atoms with Crippen molar-refractivity contribution < 1.29 is 4.79 Å². The molecule has 3 nitrogen and oxygen atoms in total. The molecule has 1 aromatic heterocycles. The molecule has 20 heavy (non-hydrogen) atoms. The van der Waals surface area contributed by atoms with Crippen molar-refractivity contribution in [2.24, 2.45) is 0 Å². The zero-order valence-electron chi connectivity index (χ0n) is 12.4. The molecule has 0 radical (unpaired) electrons. The molecule has 0 saturated carbocycles. The van der Waals surface area contributed by atoms with E-state index in [-0.39, 0.29) is 5.91 Å². The fraction of sp³-hybridized carbons (Fsp3) is 0.688. The summed E-state index contributed by atoms with van der Waals surface area (Å²) >= 11 is 1.60. The van der Waals surface area contributed by atoms with Gasteiger partial charge in [-0.1, -0.05) is 6.92 Å². The van der Waals surface area contributed by atoms with Crippen molar-refractivity contribution in [3.63, 3.8) is 0 Å². The smallest absolute Gasteiger partial charge is 0.264 e. The number of nitrogens with one attached hydrogen (secondary N) is 1. The summed E-state index contributed by atoms with van der Waals surface area (Å²) < 4.78 is 0. The van der Waals surface area contributed by atoms with E-state index in [1.165, 1.54) is 18.4 Å². The maximum Gasteiger partial charge on any atom is 0.264 e. The highest BCUT2D eigenvalue weighted by molar-refractivity contribution is 7.12. The number of amides is 1. The summed E-state index contributed by atoms with van der Waals surface area (Å²) in [4.78, 5) is 15.9. The van der Waals surface area contributed by atoms with Gasteiger partial charge >= 0.3 is 0 Å². The average Bonchev–Trinajstić information content (AvgIpc) is 3.06. The minimum atomic E-state index is 0.255. The van der Waals surface area contributed by atoms with Crippen LogP contribution in [0, 0.1) is 0 Å². The third-order valence-electron chi connectivity index (χ3n) is 4.81. The van der Waals surface area contributed by atoms with Crippen LogP contribution in [0.3, 0.4) is 0 Å². The van der Waals surface area contributed by atoms with Crippen molar-refractivity contribution in [2.75, 3.05) is 6.54 Å². The third-order valence-corrected chi connectivity index (χ3v) is 5.76. The zero-order valence-corrected chi connectivity index (χ0v) is 13.2. The van der Waals surface area contributed by atoms with E-state index in [1.54, 1.807) is 11.3 Å². The Balaban J connectivity index is 1.77. The Hall–Kier alpha value is -0.870. The lowest BCUT2D eigenvalue weighted by molar-refractivity contribution is 0.0635. The third kappa shape index (κ3) is 2.51. The maximum atomic E-state index is 12.9. The van der Waals surface area contributed by atoms with Gasteiger partial charge < -0.3 is 10.2 Å². The number of nitrogens with zero attached hydrogens (tertiary/aromatic N) is 1. The van der Waals surface area contributed by atoms with Crippen LogP contribution < -0.4 is 5.32 Å². The van der Waals surface area contributed by atoms with Crippen LogP contribution in [0.4, 0.5) is 0 Å². The van der Waals surface area contributed by atoms with E-state index < -0.39 is 0 Å². The van der Waals surface area contributed by atoms with Crippen LogP contribution in [0.1, 0.15) is 54.8 Å². The molecule has 0 aromatic carbocycles. The monoisotopic (exact) mass is 292 g/mol. The van der Waals surface area contributed by atoms with Gasteiger partial charge in [0.15, 0.2) is 0 Å². The van der Waals surface area contributed by atoms with E-state index in [0.29, 0.717) is 18.1 Å². The molecular weight excluding hydrogens is 268 g/mol. The van der Waals surface area contributed by atoms with E-state index >= 15 is 0 Å². The Labute approximate surface area is 125 Å². The van der Waals surface area contributed by atoms with Crippen molar-refractivity contribution in [2.45, 2.75) is 64.1 Å². The summed E-state index contributed by atoms with van der Waals surface area (Å²) in [6, 6.07) is 3.79. The van der Waals surface area contributed by atoms with Crippen molar-refractivity contribution in [3.8, 4) is 0 Å². The van der Waals surface area contributed by atoms with Crippen LogP contribution in [0.2, 0.25) is 0 Å². The van der Waals surface area contributed by atoms with E-state index in [9.17, 15) is 4.79 Å². The van der Waals surface area contributed by atoms with Gasteiger partial charge in [0.25, 0.3) is 5.91 Å².